The fourth-order valence-electron chi connectivity index (χ4n) is 11.2. The number of nitrogen functional groups attached to an aromatic ring is 1. The molecule has 19 atom stereocenters. The Morgan fingerprint density at radius 3 is 2.27 bits per heavy atom. The topological polar surface area (TPSA) is 238 Å². The van der Waals surface area contributed by atoms with Crippen LogP contribution in [0, 0.1) is 29.6 Å². The van der Waals surface area contributed by atoms with Crippen LogP contribution in [0.2, 0.25) is 0 Å². The molecule has 2 aromatic rings. The van der Waals surface area contributed by atoms with Crippen molar-refractivity contribution in [2.45, 2.75) is 185 Å². The van der Waals surface area contributed by atoms with Crippen LogP contribution in [0.1, 0.15) is 94.9 Å². The summed E-state index contributed by atoms with van der Waals surface area (Å²) in [6.07, 6.45) is -4.03. The van der Waals surface area contributed by atoms with Gasteiger partial charge in [-0.25, -0.2) is 14.6 Å². The fraction of sp³-hybridized carbons (Fsp3) is 0.830. The monoisotopic (exact) mass is 965 g/mol. The van der Waals surface area contributed by atoms with Gasteiger partial charge in [0.15, 0.2) is 23.8 Å². The molecule has 67 heavy (non-hydrogen) atoms. The van der Waals surface area contributed by atoms with Crippen LogP contribution in [0.3, 0.4) is 0 Å². The number of anilines is 1. The Morgan fingerprint density at radius 1 is 0.940 bits per heavy atom. The highest BCUT2D eigenvalue weighted by Crippen LogP contribution is 2.49. The Kier molecular flexibility index (Phi) is 16.8. The molecule has 0 saturated carbocycles. The molecule has 378 valence electrons. The highest BCUT2D eigenvalue weighted by Gasteiger charge is 2.62. The Labute approximate surface area is 399 Å². The quantitative estimate of drug-likeness (QED) is 0.257. The van der Waals surface area contributed by atoms with Crippen LogP contribution in [0.15, 0.2) is 12.5 Å². The van der Waals surface area contributed by atoms with Gasteiger partial charge >= 0.3 is 11.9 Å². The molecule has 6 heterocycles. The van der Waals surface area contributed by atoms with Crippen LogP contribution in [0.5, 0.6) is 0 Å². The van der Waals surface area contributed by atoms with Crippen molar-refractivity contribution in [2.24, 2.45) is 29.6 Å². The summed E-state index contributed by atoms with van der Waals surface area (Å²) in [5, 5.41) is 27.2. The molecule has 4 saturated heterocycles. The summed E-state index contributed by atoms with van der Waals surface area (Å²) in [4.78, 5) is 54.6. The predicted molar refractivity (Wildman–Crippen MR) is 248 cm³/mol. The largest absolute Gasteiger partial charge is 0.458 e. The fourth-order valence-corrected chi connectivity index (χ4v) is 12.7. The van der Waals surface area contributed by atoms with E-state index in [2.05, 4.69) is 15.1 Å². The number of carbonyl (C=O) groups is 3. The van der Waals surface area contributed by atoms with Crippen LogP contribution in [0.4, 0.5) is 5.82 Å². The van der Waals surface area contributed by atoms with E-state index in [0.717, 1.165) is 0 Å². The van der Waals surface area contributed by atoms with Gasteiger partial charge < -0.3 is 58.7 Å². The SMILES string of the molecule is CC[C@H]1OC(=O)[C@H](C)[C@@H](O[C@H]2C[C@@](C)(OC)[C@@H](O)[C@@H](C)O2)[C@H](C)[C@@H](O[C@@H]2O[C@H](C)C[C@H](N(C)C)[C@H]2O)[C@](C)(OC)C[C@@H](C)C(=O)C(C)C2C(SCCn3ncc4c(N)ncnc43)C(=O)O[C@@]21C. The Morgan fingerprint density at radius 2 is 1.63 bits per heavy atom. The Hall–Kier alpha value is -3.05. The molecule has 0 radical (unpaired) electrons. The lowest BCUT2D eigenvalue weighted by Gasteiger charge is -2.50. The maximum absolute atomic E-state index is 15.1. The first-order valence-corrected chi connectivity index (χ1v) is 24.7. The van der Waals surface area contributed by atoms with E-state index in [0.29, 0.717) is 35.6 Å². The van der Waals surface area contributed by atoms with Crippen molar-refractivity contribution in [2.75, 3.05) is 39.8 Å². The molecular weight excluding hydrogens is 889 g/mol. The van der Waals surface area contributed by atoms with E-state index >= 15 is 4.79 Å². The zero-order valence-corrected chi connectivity index (χ0v) is 42.6. The average Bonchev–Trinajstić information content (AvgIpc) is 3.82. The summed E-state index contributed by atoms with van der Waals surface area (Å²) >= 11 is 1.35. The Bertz CT molecular complexity index is 2050. The Balaban J connectivity index is 1.41. The maximum Gasteiger partial charge on any atom is 0.320 e. The molecule has 0 amide bonds. The van der Waals surface area contributed by atoms with Gasteiger partial charge in [-0.15, -0.1) is 11.8 Å². The number of nitrogens with zero attached hydrogens (tertiary/aromatic N) is 5. The lowest BCUT2D eigenvalue weighted by Crippen LogP contribution is -2.61. The first-order valence-electron chi connectivity index (χ1n) is 23.7. The maximum atomic E-state index is 15.1. The standard InChI is InChI=1S/C47H76N6O13S/c1-15-31-47(10)33(37(43(58)66-47)67-17-16-53-41-29(21-51-53)40(48)49-22-50-41)25(4)34(54)23(2)19-46(9,60-14)39(65-44-35(55)30(52(11)12)18-24(3)61-44)26(5)36(27(6)42(57)63-31)64-32-20-45(8,59-13)38(56)28(7)62-32/h21-28,30-33,35-39,44,55-56H,15-20H2,1-14H3,(H2,48,49,50)/t23-,24-,25?,26+,27-,28-,30+,31-,32+,33?,35-,36+,37?,38+,39-,44+,45-,46-,47-/m1/s1. The molecule has 6 rings (SSSR count). The van der Waals surface area contributed by atoms with Crippen molar-refractivity contribution in [1.82, 2.24) is 24.6 Å². The minimum Gasteiger partial charge on any atom is -0.458 e. The smallest absolute Gasteiger partial charge is 0.320 e. The van der Waals surface area contributed by atoms with Crippen molar-refractivity contribution in [3.8, 4) is 0 Å². The number of aryl methyl sites for hydroxylation is 1. The number of ketones is 1. The van der Waals surface area contributed by atoms with Gasteiger partial charge in [0, 0.05) is 56.1 Å². The molecule has 20 heteroatoms. The molecule has 0 spiro atoms. The summed E-state index contributed by atoms with van der Waals surface area (Å²) in [5.41, 5.74) is 2.88. The molecule has 4 N–H and O–H groups in total. The number of rotatable bonds is 12. The number of fused-ring (bicyclic) bond motifs is 2. The van der Waals surface area contributed by atoms with E-state index in [1.165, 1.54) is 25.2 Å². The zero-order valence-electron chi connectivity index (χ0n) is 41.7. The summed E-state index contributed by atoms with van der Waals surface area (Å²) < 4.78 is 53.4. The number of aromatic nitrogens is 4. The summed E-state index contributed by atoms with van der Waals surface area (Å²) in [7, 11) is 6.84. The van der Waals surface area contributed by atoms with E-state index in [-0.39, 0.29) is 37.2 Å². The predicted octanol–water partition coefficient (Wildman–Crippen LogP) is 3.78. The van der Waals surface area contributed by atoms with Crippen LogP contribution in [0.25, 0.3) is 11.0 Å². The molecule has 4 aliphatic rings. The van der Waals surface area contributed by atoms with Gasteiger partial charge in [0.2, 0.25) is 0 Å². The first kappa shape index (κ1) is 53.3. The van der Waals surface area contributed by atoms with Gasteiger partial charge in [-0.2, -0.15) is 5.10 Å². The summed E-state index contributed by atoms with van der Waals surface area (Å²) in [6.45, 7) is 18.5. The van der Waals surface area contributed by atoms with Crippen LogP contribution in [-0.2, 0) is 58.8 Å². The number of thioether (sulfide) groups is 1. The zero-order chi connectivity index (χ0) is 49.5. The number of likely N-dealkylation sites (N-methyl/N-ethyl adjacent to an activating group) is 1. The number of cyclic esters (lactones) is 1. The molecule has 19 nitrogen and oxygen atoms in total. The highest BCUT2D eigenvalue weighted by molar-refractivity contribution is 8.00. The molecular formula is C47H76N6O13S. The van der Waals surface area contributed by atoms with E-state index < -0.39 is 113 Å². The number of methoxy groups -OCH3 is 2. The van der Waals surface area contributed by atoms with E-state index in [1.807, 2.05) is 60.5 Å². The van der Waals surface area contributed by atoms with Crippen LogP contribution >= 0.6 is 11.8 Å². The van der Waals surface area contributed by atoms with Crippen molar-refractivity contribution in [1.29, 1.82) is 0 Å². The van der Waals surface area contributed by atoms with Crippen LogP contribution < -0.4 is 5.73 Å². The second kappa shape index (κ2) is 21.1. The number of Topliss-reactive ketones (excluding diaryl/α,β-unsaturated/α-hetero) is 1. The second-order valence-electron chi connectivity index (χ2n) is 20.2. The second-order valence-corrected chi connectivity index (χ2v) is 21.5. The van der Waals surface area contributed by atoms with Gasteiger partial charge in [0.1, 0.15) is 41.5 Å². The normalized spacial score (nSPS) is 42.6. The lowest BCUT2D eigenvalue weighted by molar-refractivity contribution is -0.319. The summed E-state index contributed by atoms with van der Waals surface area (Å²) in [6, 6.07) is -0.303. The molecule has 0 aromatic carbocycles. The van der Waals surface area contributed by atoms with Gasteiger partial charge in [-0.05, 0) is 74.9 Å². The number of hydrogen-bond donors (Lipinski definition) is 3. The number of nitrogens with two attached hydrogens (primary N) is 1. The number of ether oxygens (including phenoxy) is 8. The van der Waals surface area contributed by atoms with Gasteiger partial charge in [0.25, 0.3) is 0 Å². The molecule has 4 aliphatic heterocycles. The van der Waals surface area contributed by atoms with Gasteiger partial charge in [-0.1, -0.05) is 27.7 Å². The molecule has 0 aliphatic carbocycles. The lowest BCUT2D eigenvalue weighted by atomic mass is 9.70. The molecule has 0 bridgehead atoms. The number of hydrogen-bond acceptors (Lipinski definition) is 19. The molecule has 2 aromatic heterocycles. The number of carbonyl (C=O) groups excluding carboxylic acids is 3. The van der Waals surface area contributed by atoms with Crippen molar-refractivity contribution < 1.29 is 62.5 Å². The van der Waals surface area contributed by atoms with E-state index in [9.17, 15) is 19.8 Å². The van der Waals surface area contributed by atoms with Crippen LogP contribution in [-0.4, -0.2) is 170 Å². The third-order valence-corrected chi connectivity index (χ3v) is 16.6. The number of esters is 2. The minimum atomic E-state index is -1.41. The highest BCUT2D eigenvalue weighted by atomic mass is 32.2. The minimum absolute atomic E-state index is 0.119. The number of aliphatic hydroxyl groups is 2. The average molecular weight is 965 g/mol. The van der Waals surface area contributed by atoms with Crippen molar-refractivity contribution in [3.05, 3.63) is 12.5 Å². The molecule has 3 unspecified atom stereocenters. The molecule has 4 fully saturated rings. The van der Waals surface area contributed by atoms with Crippen molar-refractivity contribution >= 4 is 46.3 Å². The van der Waals surface area contributed by atoms with Gasteiger partial charge in [-0.3, -0.25) is 14.4 Å². The third kappa shape index (κ3) is 10.5. The number of aliphatic hydroxyl groups excluding tert-OH is 2. The van der Waals surface area contributed by atoms with Crippen molar-refractivity contribution in [3.63, 3.8) is 0 Å². The van der Waals surface area contributed by atoms with Gasteiger partial charge in [0.05, 0.1) is 59.7 Å². The third-order valence-electron chi connectivity index (χ3n) is 15.3. The van der Waals surface area contributed by atoms with E-state index in [4.69, 9.17) is 43.6 Å². The van der Waals surface area contributed by atoms with E-state index in [1.54, 1.807) is 45.7 Å². The summed E-state index contributed by atoms with van der Waals surface area (Å²) in [5.74, 6) is -4.48. The first-order chi connectivity index (χ1) is 31.4.